The molecular weight excluding hydrogens is 829 g/mol. The van der Waals surface area contributed by atoms with Gasteiger partial charge in [0.15, 0.2) is 0 Å². The van der Waals surface area contributed by atoms with Gasteiger partial charge in [-0.15, -0.1) is 0 Å². The molecule has 1 fully saturated rings. The molecule has 0 spiro atoms. The summed E-state index contributed by atoms with van der Waals surface area (Å²) in [6.07, 6.45) is 49.9. The second kappa shape index (κ2) is 48.0. The van der Waals surface area contributed by atoms with Gasteiger partial charge in [0.05, 0.1) is 13.2 Å². The zero-order chi connectivity index (χ0) is 48.7. The molecule has 0 aliphatic carbocycles. The van der Waals surface area contributed by atoms with Gasteiger partial charge in [0.2, 0.25) is 5.91 Å². The van der Waals surface area contributed by atoms with Crippen molar-refractivity contribution in [3.63, 3.8) is 0 Å². The third-order valence-electron chi connectivity index (χ3n) is 15.0. The molecular formula is C60H116N2O5. The lowest BCUT2D eigenvalue weighted by Gasteiger charge is -2.34. The van der Waals surface area contributed by atoms with Gasteiger partial charge >= 0.3 is 11.9 Å². The molecule has 0 aromatic rings. The Labute approximate surface area is 417 Å². The number of amides is 1. The summed E-state index contributed by atoms with van der Waals surface area (Å²) in [7, 11) is 0. The van der Waals surface area contributed by atoms with E-state index in [1.807, 2.05) is 0 Å². The van der Waals surface area contributed by atoms with Crippen LogP contribution < -0.4 is 0 Å². The third kappa shape index (κ3) is 38.8. The summed E-state index contributed by atoms with van der Waals surface area (Å²) in [6, 6.07) is 0.344. The van der Waals surface area contributed by atoms with E-state index in [9.17, 15) is 14.4 Å². The van der Waals surface area contributed by atoms with E-state index in [2.05, 4.69) is 44.4 Å². The van der Waals surface area contributed by atoms with Crippen molar-refractivity contribution in [3.05, 3.63) is 0 Å². The van der Waals surface area contributed by atoms with Gasteiger partial charge in [0.25, 0.3) is 0 Å². The molecule has 1 saturated heterocycles. The molecule has 0 aromatic carbocycles. The Bertz CT molecular complexity index is 1090. The number of hydrogen-bond acceptors (Lipinski definition) is 6. The molecule has 0 radical (unpaired) electrons. The van der Waals surface area contributed by atoms with Crippen molar-refractivity contribution in [1.29, 1.82) is 0 Å². The lowest BCUT2D eigenvalue weighted by Crippen LogP contribution is -2.42. The van der Waals surface area contributed by atoms with E-state index in [1.54, 1.807) is 0 Å². The normalized spacial score (nSPS) is 14.5. The van der Waals surface area contributed by atoms with Crippen LogP contribution >= 0.6 is 0 Å². The van der Waals surface area contributed by atoms with Crippen LogP contribution in [0.5, 0.6) is 0 Å². The van der Waals surface area contributed by atoms with Crippen LogP contribution in [0.1, 0.15) is 311 Å². The van der Waals surface area contributed by atoms with Crippen molar-refractivity contribution < 1.29 is 23.9 Å². The van der Waals surface area contributed by atoms with Crippen molar-refractivity contribution in [2.24, 2.45) is 11.8 Å². The minimum absolute atomic E-state index is 0.00131. The van der Waals surface area contributed by atoms with Crippen LogP contribution in [0.25, 0.3) is 0 Å². The fourth-order valence-corrected chi connectivity index (χ4v) is 10.5. The van der Waals surface area contributed by atoms with Crippen LogP contribution in [0.2, 0.25) is 0 Å². The molecule has 1 rings (SSSR count). The molecule has 0 saturated carbocycles. The monoisotopic (exact) mass is 945 g/mol. The van der Waals surface area contributed by atoms with Gasteiger partial charge in [-0.3, -0.25) is 14.4 Å². The van der Waals surface area contributed by atoms with Crippen LogP contribution in [-0.2, 0) is 23.9 Å². The predicted molar refractivity (Wildman–Crippen MR) is 288 cm³/mol. The number of ether oxygens (including phenoxy) is 2. The number of piperidine rings is 1. The van der Waals surface area contributed by atoms with Gasteiger partial charge in [-0.2, -0.15) is 0 Å². The highest BCUT2D eigenvalue weighted by Crippen LogP contribution is 2.24. The van der Waals surface area contributed by atoms with Crippen molar-refractivity contribution in [1.82, 2.24) is 9.80 Å². The van der Waals surface area contributed by atoms with E-state index in [4.69, 9.17) is 9.47 Å². The first-order chi connectivity index (χ1) is 32.9. The predicted octanol–water partition coefficient (Wildman–Crippen LogP) is 17.7. The number of hydrogen-bond donors (Lipinski definition) is 0. The summed E-state index contributed by atoms with van der Waals surface area (Å²) in [6.45, 7) is 17.0. The third-order valence-corrected chi connectivity index (χ3v) is 15.0. The smallest absolute Gasteiger partial charge is 0.305 e. The average Bonchev–Trinajstić information content (AvgIpc) is 3.33. The van der Waals surface area contributed by atoms with Crippen molar-refractivity contribution in [2.75, 3.05) is 39.4 Å². The van der Waals surface area contributed by atoms with Crippen LogP contribution in [0, 0.1) is 11.8 Å². The van der Waals surface area contributed by atoms with E-state index in [1.165, 1.54) is 206 Å². The zero-order valence-electron chi connectivity index (χ0n) is 45.8. The summed E-state index contributed by atoms with van der Waals surface area (Å²) in [5, 5.41) is 0. The van der Waals surface area contributed by atoms with Crippen LogP contribution in [0.15, 0.2) is 0 Å². The number of unbranched alkanes of at least 4 members (excludes halogenated alkanes) is 23. The molecule has 7 heteroatoms. The highest BCUT2D eigenvalue weighted by molar-refractivity contribution is 5.76. The number of carbonyl (C=O) groups excluding carboxylic acids is 3. The maximum Gasteiger partial charge on any atom is 0.305 e. The fraction of sp³-hybridized carbons (Fsp3) is 0.950. The van der Waals surface area contributed by atoms with E-state index in [0.29, 0.717) is 56.3 Å². The highest BCUT2D eigenvalue weighted by Gasteiger charge is 2.23. The Hall–Kier alpha value is -1.63. The molecule has 0 aromatic heterocycles. The van der Waals surface area contributed by atoms with Crippen molar-refractivity contribution >= 4 is 17.8 Å². The first-order valence-corrected chi connectivity index (χ1v) is 30.2. The van der Waals surface area contributed by atoms with Crippen molar-refractivity contribution in [3.8, 4) is 0 Å². The van der Waals surface area contributed by atoms with Crippen LogP contribution in [0.3, 0.4) is 0 Å². The molecule has 1 aliphatic rings. The minimum Gasteiger partial charge on any atom is -0.465 e. The zero-order valence-corrected chi connectivity index (χ0v) is 45.8. The Balaban J connectivity index is 2.60. The second-order valence-corrected chi connectivity index (χ2v) is 21.4. The van der Waals surface area contributed by atoms with Gasteiger partial charge in [-0.05, 0) is 109 Å². The number of nitrogens with zero attached hydrogens (tertiary/aromatic N) is 2. The number of carbonyl (C=O) groups is 3. The molecule has 0 N–H and O–H groups in total. The lowest BCUT2D eigenvalue weighted by molar-refractivity contribution is -0.146. The molecule has 1 amide bonds. The van der Waals surface area contributed by atoms with E-state index >= 15 is 0 Å². The van der Waals surface area contributed by atoms with Gasteiger partial charge in [0.1, 0.15) is 0 Å². The number of rotatable bonds is 50. The molecule has 1 aliphatic heterocycles. The molecule has 7 nitrogen and oxygen atoms in total. The summed E-state index contributed by atoms with van der Waals surface area (Å²) in [5.74, 6) is 1.46. The minimum atomic E-state index is -0.00131. The average molecular weight is 946 g/mol. The molecule has 0 bridgehead atoms. The molecule has 1 heterocycles. The molecule has 3 unspecified atom stereocenters. The van der Waals surface area contributed by atoms with Gasteiger partial charge < -0.3 is 19.3 Å². The Morgan fingerprint density at radius 2 is 0.791 bits per heavy atom. The number of esters is 2. The standard InChI is InChI=1S/C60H116N2O5/c1-6-11-15-23-31-43-56(41-14-9-4)54-67-60(65)48-36-28-22-21-26-33-45-57(62(58(63)46-34-24-16-12-7-2)52-39-51-61-49-37-29-38-50-61)44-32-25-19-18-20-27-35-47-59(64)66-53-55(40-10-5)42-30-17-13-8-3/h55-57H,6-54H2,1-5H3. The number of likely N-dealkylation sites (tertiary alicyclic amines) is 1. The van der Waals surface area contributed by atoms with Crippen LogP contribution in [-0.4, -0.2) is 73.1 Å². The van der Waals surface area contributed by atoms with E-state index in [-0.39, 0.29) is 11.9 Å². The first-order valence-electron chi connectivity index (χ1n) is 30.2. The van der Waals surface area contributed by atoms with E-state index in [0.717, 1.165) is 77.3 Å². The molecule has 396 valence electrons. The molecule has 67 heavy (non-hydrogen) atoms. The Kier molecular flexibility index (Phi) is 45.4. The Morgan fingerprint density at radius 1 is 0.403 bits per heavy atom. The Morgan fingerprint density at radius 3 is 1.27 bits per heavy atom. The van der Waals surface area contributed by atoms with Gasteiger partial charge in [-0.25, -0.2) is 0 Å². The van der Waals surface area contributed by atoms with Gasteiger partial charge in [-0.1, -0.05) is 214 Å². The molecule has 3 atom stereocenters. The quantitative estimate of drug-likeness (QED) is 0.0447. The maximum absolute atomic E-state index is 14.1. The fourth-order valence-electron chi connectivity index (χ4n) is 10.5. The summed E-state index contributed by atoms with van der Waals surface area (Å²) >= 11 is 0. The summed E-state index contributed by atoms with van der Waals surface area (Å²) in [5.41, 5.74) is 0. The topological polar surface area (TPSA) is 76.2 Å². The summed E-state index contributed by atoms with van der Waals surface area (Å²) < 4.78 is 11.6. The van der Waals surface area contributed by atoms with E-state index < -0.39 is 0 Å². The maximum atomic E-state index is 14.1. The van der Waals surface area contributed by atoms with Gasteiger partial charge in [0, 0.05) is 31.8 Å². The van der Waals surface area contributed by atoms with Crippen molar-refractivity contribution in [2.45, 2.75) is 317 Å². The van der Waals surface area contributed by atoms with Crippen LogP contribution in [0.4, 0.5) is 0 Å². The SMILES string of the molecule is CCCCCCCC(=O)N(CCCN1CCCCC1)C(CCCCCCCCCC(=O)OCC(CCC)CCCCCC)CCCCCCCCC(=O)OCC(CCCC)CCCCCCC. The largest absolute Gasteiger partial charge is 0.465 e. The summed E-state index contributed by atoms with van der Waals surface area (Å²) in [4.78, 5) is 44.3. The highest BCUT2D eigenvalue weighted by atomic mass is 16.5. The second-order valence-electron chi connectivity index (χ2n) is 21.4. The lowest BCUT2D eigenvalue weighted by atomic mass is 9.96. The first kappa shape index (κ1) is 63.4.